The van der Waals surface area contributed by atoms with Crippen molar-refractivity contribution in [1.29, 1.82) is 0 Å². The van der Waals surface area contributed by atoms with Gasteiger partial charge >= 0.3 is 0 Å². The highest BCUT2D eigenvalue weighted by Crippen LogP contribution is 2.27. The number of anilines is 1. The topological polar surface area (TPSA) is 49.4 Å². The van der Waals surface area contributed by atoms with Crippen molar-refractivity contribution >= 4 is 40.7 Å². The summed E-state index contributed by atoms with van der Waals surface area (Å²) < 4.78 is 13.0. The molecule has 0 aromatic heterocycles. The number of carbonyl (C=O) groups excluding carboxylic acids is 2. The van der Waals surface area contributed by atoms with Crippen LogP contribution in [-0.4, -0.2) is 29.3 Å². The summed E-state index contributed by atoms with van der Waals surface area (Å²) in [6, 6.07) is 9.53. The van der Waals surface area contributed by atoms with Gasteiger partial charge in [0.2, 0.25) is 5.91 Å². The van der Waals surface area contributed by atoms with Crippen LogP contribution in [0, 0.1) is 5.82 Å². The number of hydrogen-bond acceptors (Lipinski definition) is 2. The SMILES string of the molecule is O=C(Nc1ccc(F)cc1)C1CCCN1C(=O)c1cc(Cl)ccc1Cl. The first kappa shape index (κ1) is 17.7. The van der Waals surface area contributed by atoms with E-state index in [1.54, 1.807) is 12.1 Å². The van der Waals surface area contributed by atoms with Gasteiger partial charge in [-0.1, -0.05) is 23.2 Å². The molecular formula is C18H15Cl2FN2O2. The van der Waals surface area contributed by atoms with Crippen LogP contribution in [0.1, 0.15) is 23.2 Å². The zero-order chi connectivity index (χ0) is 18.0. The molecule has 0 radical (unpaired) electrons. The van der Waals surface area contributed by atoms with E-state index >= 15 is 0 Å². The summed E-state index contributed by atoms with van der Waals surface area (Å²) >= 11 is 12.0. The lowest BCUT2D eigenvalue weighted by atomic mass is 10.1. The summed E-state index contributed by atoms with van der Waals surface area (Å²) in [6.45, 7) is 0.461. The minimum Gasteiger partial charge on any atom is -0.327 e. The second-order valence-corrected chi connectivity index (χ2v) is 6.62. The normalized spacial score (nSPS) is 16.8. The summed E-state index contributed by atoms with van der Waals surface area (Å²) in [5.41, 5.74) is 0.752. The lowest BCUT2D eigenvalue weighted by Gasteiger charge is -2.24. The average molecular weight is 381 g/mol. The van der Waals surface area contributed by atoms with Gasteiger partial charge in [-0.2, -0.15) is 0 Å². The third kappa shape index (κ3) is 3.94. The standard InChI is InChI=1S/C18H15Cl2FN2O2/c19-11-3-8-15(20)14(10-11)18(25)23-9-1-2-16(23)17(24)22-13-6-4-12(21)5-7-13/h3-8,10,16H,1-2,9H2,(H,22,24). The van der Waals surface area contributed by atoms with E-state index in [0.717, 1.165) is 0 Å². The molecule has 25 heavy (non-hydrogen) atoms. The third-order valence-corrected chi connectivity index (χ3v) is 4.65. The number of halogens is 3. The van der Waals surface area contributed by atoms with Crippen LogP contribution in [0.15, 0.2) is 42.5 Å². The molecule has 1 atom stereocenters. The Balaban J connectivity index is 1.77. The summed E-state index contributed by atoms with van der Waals surface area (Å²) in [5.74, 6) is -1.02. The fraction of sp³-hybridized carbons (Fsp3) is 0.222. The number of hydrogen-bond donors (Lipinski definition) is 1. The highest BCUT2D eigenvalue weighted by molar-refractivity contribution is 6.35. The Morgan fingerprint density at radius 3 is 2.56 bits per heavy atom. The maximum absolute atomic E-state index is 13.0. The van der Waals surface area contributed by atoms with E-state index in [1.165, 1.54) is 35.2 Å². The number of amides is 2. The largest absolute Gasteiger partial charge is 0.327 e. The second-order valence-electron chi connectivity index (χ2n) is 5.78. The number of carbonyl (C=O) groups is 2. The van der Waals surface area contributed by atoms with Gasteiger partial charge in [0.15, 0.2) is 0 Å². The summed E-state index contributed by atoms with van der Waals surface area (Å²) in [5, 5.41) is 3.41. The van der Waals surface area contributed by atoms with Gasteiger partial charge in [0.1, 0.15) is 11.9 Å². The van der Waals surface area contributed by atoms with Gasteiger partial charge in [0.05, 0.1) is 10.6 Å². The van der Waals surface area contributed by atoms with E-state index in [4.69, 9.17) is 23.2 Å². The predicted molar refractivity (Wildman–Crippen MR) is 95.6 cm³/mol. The lowest BCUT2D eigenvalue weighted by Crippen LogP contribution is -2.43. The second kappa shape index (κ2) is 7.42. The zero-order valence-corrected chi connectivity index (χ0v) is 14.6. The van der Waals surface area contributed by atoms with E-state index < -0.39 is 6.04 Å². The van der Waals surface area contributed by atoms with Gasteiger partial charge in [-0.3, -0.25) is 9.59 Å². The molecule has 1 N–H and O–H groups in total. The van der Waals surface area contributed by atoms with Crippen LogP contribution in [0.5, 0.6) is 0 Å². The van der Waals surface area contributed by atoms with Crippen molar-refractivity contribution < 1.29 is 14.0 Å². The van der Waals surface area contributed by atoms with Crippen molar-refractivity contribution in [2.24, 2.45) is 0 Å². The van der Waals surface area contributed by atoms with E-state index in [2.05, 4.69) is 5.32 Å². The maximum atomic E-state index is 13.0. The van der Waals surface area contributed by atoms with E-state index in [-0.39, 0.29) is 23.2 Å². The molecule has 0 aliphatic carbocycles. The summed E-state index contributed by atoms with van der Waals surface area (Å²) in [6.07, 6.45) is 1.27. The minimum atomic E-state index is -0.604. The fourth-order valence-corrected chi connectivity index (χ4v) is 3.23. The molecule has 1 unspecified atom stereocenters. The Morgan fingerprint density at radius 1 is 1.12 bits per heavy atom. The van der Waals surface area contributed by atoms with E-state index in [0.29, 0.717) is 35.1 Å². The highest BCUT2D eigenvalue weighted by Gasteiger charge is 2.35. The van der Waals surface area contributed by atoms with Crippen molar-refractivity contribution in [3.63, 3.8) is 0 Å². The van der Waals surface area contributed by atoms with Crippen molar-refractivity contribution in [2.75, 3.05) is 11.9 Å². The van der Waals surface area contributed by atoms with Crippen LogP contribution in [0.25, 0.3) is 0 Å². The molecule has 4 nitrogen and oxygen atoms in total. The highest BCUT2D eigenvalue weighted by atomic mass is 35.5. The molecule has 7 heteroatoms. The molecular weight excluding hydrogens is 366 g/mol. The van der Waals surface area contributed by atoms with Crippen molar-refractivity contribution in [3.8, 4) is 0 Å². The lowest BCUT2D eigenvalue weighted by molar-refractivity contribution is -0.119. The maximum Gasteiger partial charge on any atom is 0.256 e. The smallest absolute Gasteiger partial charge is 0.256 e. The van der Waals surface area contributed by atoms with Crippen LogP contribution in [0.4, 0.5) is 10.1 Å². The van der Waals surface area contributed by atoms with Crippen LogP contribution in [0.2, 0.25) is 10.0 Å². The number of rotatable bonds is 3. The summed E-state index contributed by atoms with van der Waals surface area (Å²) in [4.78, 5) is 26.8. The Bertz CT molecular complexity index is 811. The number of benzene rings is 2. The van der Waals surface area contributed by atoms with Gasteiger partial charge in [-0.25, -0.2) is 4.39 Å². The van der Waals surface area contributed by atoms with Crippen molar-refractivity contribution in [1.82, 2.24) is 4.90 Å². The Hall–Kier alpha value is -2.11. The Labute approximate surface area is 154 Å². The minimum absolute atomic E-state index is 0.274. The van der Waals surface area contributed by atoms with Gasteiger partial charge < -0.3 is 10.2 Å². The average Bonchev–Trinajstić information content (AvgIpc) is 3.08. The first-order valence-corrected chi connectivity index (χ1v) is 8.54. The van der Waals surface area contributed by atoms with E-state index in [9.17, 15) is 14.0 Å². The monoisotopic (exact) mass is 380 g/mol. The zero-order valence-electron chi connectivity index (χ0n) is 13.1. The predicted octanol–water partition coefficient (Wildman–Crippen LogP) is 4.38. The molecule has 1 heterocycles. The molecule has 1 saturated heterocycles. The molecule has 3 rings (SSSR count). The molecule has 2 aromatic rings. The van der Waals surface area contributed by atoms with Gasteiger partial charge in [-0.15, -0.1) is 0 Å². The molecule has 0 bridgehead atoms. The molecule has 1 aliphatic heterocycles. The van der Waals surface area contributed by atoms with Gasteiger partial charge in [0, 0.05) is 17.3 Å². The molecule has 2 amide bonds. The van der Waals surface area contributed by atoms with Crippen LogP contribution >= 0.6 is 23.2 Å². The number of likely N-dealkylation sites (tertiary alicyclic amines) is 1. The molecule has 2 aromatic carbocycles. The van der Waals surface area contributed by atoms with Crippen LogP contribution in [-0.2, 0) is 4.79 Å². The number of nitrogens with one attached hydrogen (secondary N) is 1. The van der Waals surface area contributed by atoms with Crippen molar-refractivity contribution in [2.45, 2.75) is 18.9 Å². The first-order valence-electron chi connectivity index (χ1n) is 7.78. The fourth-order valence-electron chi connectivity index (χ4n) is 2.86. The van der Waals surface area contributed by atoms with Crippen molar-refractivity contribution in [3.05, 3.63) is 63.9 Å². The third-order valence-electron chi connectivity index (χ3n) is 4.09. The quantitative estimate of drug-likeness (QED) is 0.858. The van der Waals surface area contributed by atoms with Crippen LogP contribution < -0.4 is 5.32 Å². The van der Waals surface area contributed by atoms with Gasteiger partial charge in [-0.05, 0) is 55.3 Å². The molecule has 0 saturated carbocycles. The summed E-state index contributed by atoms with van der Waals surface area (Å²) in [7, 11) is 0. The molecule has 0 spiro atoms. The number of nitrogens with zero attached hydrogens (tertiary/aromatic N) is 1. The molecule has 1 fully saturated rings. The van der Waals surface area contributed by atoms with E-state index in [1.807, 2.05) is 0 Å². The molecule has 130 valence electrons. The molecule has 1 aliphatic rings. The Kier molecular flexibility index (Phi) is 5.25. The first-order chi connectivity index (χ1) is 12.0. The van der Waals surface area contributed by atoms with Gasteiger partial charge in [0.25, 0.3) is 5.91 Å². The van der Waals surface area contributed by atoms with Crippen LogP contribution in [0.3, 0.4) is 0 Å². The Morgan fingerprint density at radius 2 is 1.84 bits per heavy atom.